The molecular formula is C23H19NO. The fourth-order valence-electron chi connectivity index (χ4n) is 2.44. The number of carbonyl (C=O) groups is 1. The van der Waals surface area contributed by atoms with Crippen molar-refractivity contribution in [1.29, 1.82) is 0 Å². The molecular weight excluding hydrogens is 306 g/mol. The van der Waals surface area contributed by atoms with Crippen molar-refractivity contribution in [3.63, 3.8) is 0 Å². The predicted molar refractivity (Wildman–Crippen MR) is 105 cm³/mol. The van der Waals surface area contributed by atoms with Crippen LogP contribution in [-0.4, -0.2) is 10.8 Å². The lowest BCUT2D eigenvalue weighted by molar-refractivity contribution is 0.101. The van der Waals surface area contributed by atoms with Gasteiger partial charge >= 0.3 is 0 Å². The minimum Gasteiger partial charge on any atom is -0.295 e. The molecule has 0 saturated carbocycles. The van der Waals surface area contributed by atoms with Crippen LogP contribution in [0.4, 0.5) is 0 Å². The Morgan fingerprint density at radius 2 is 1.16 bits per heavy atom. The van der Waals surface area contributed by atoms with Gasteiger partial charge in [-0.15, -0.1) is 0 Å². The first-order valence-corrected chi connectivity index (χ1v) is 8.20. The molecule has 0 bridgehead atoms. The van der Waals surface area contributed by atoms with E-state index in [2.05, 4.69) is 4.98 Å². The molecule has 0 spiro atoms. The number of aromatic nitrogens is 1. The van der Waals surface area contributed by atoms with E-state index >= 15 is 0 Å². The maximum absolute atomic E-state index is 11.8. The van der Waals surface area contributed by atoms with Gasteiger partial charge in [0.15, 0.2) is 5.78 Å². The van der Waals surface area contributed by atoms with E-state index in [1.807, 2.05) is 97.1 Å². The van der Waals surface area contributed by atoms with Crippen molar-refractivity contribution in [1.82, 2.24) is 4.98 Å². The monoisotopic (exact) mass is 325 g/mol. The lowest BCUT2D eigenvalue weighted by atomic mass is 10.1. The molecule has 0 aliphatic rings. The summed E-state index contributed by atoms with van der Waals surface area (Å²) < 4.78 is 0. The number of nitrogens with zero attached hydrogens (tertiary/aromatic N) is 1. The summed E-state index contributed by atoms with van der Waals surface area (Å²) in [5.41, 5.74) is 4.39. The average Bonchev–Trinajstić information content (AvgIpc) is 2.66. The van der Waals surface area contributed by atoms with Crippen molar-refractivity contribution in [2.75, 3.05) is 0 Å². The Morgan fingerprint density at radius 1 is 0.720 bits per heavy atom. The Bertz CT molecular complexity index is 842. The van der Waals surface area contributed by atoms with E-state index in [-0.39, 0.29) is 5.78 Å². The topological polar surface area (TPSA) is 30.0 Å². The number of benzene rings is 2. The van der Waals surface area contributed by atoms with Crippen molar-refractivity contribution in [3.8, 4) is 0 Å². The number of pyridine rings is 1. The number of hydrogen-bond acceptors (Lipinski definition) is 2. The first-order valence-electron chi connectivity index (χ1n) is 8.20. The quantitative estimate of drug-likeness (QED) is 0.569. The Balaban J connectivity index is 1.91. The summed E-state index contributed by atoms with van der Waals surface area (Å²) in [6, 6.07) is 23.7. The van der Waals surface area contributed by atoms with E-state index in [1.54, 1.807) is 6.92 Å². The molecule has 122 valence electrons. The molecule has 0 N–H and O–H groups in total. The van der Waals surface area contributed by atoms with Crippen molar-refractivity contribution in [2.24, 2.45) is 0 Å². The highest BCUT2D eigenvalue weighted by Gasteiger charge is 2.03. The van der Waals surface area contributed by atoms with Crippen LogP contribution in [0.15, 0.2) is 72.8 Å². The molecule has 1 heterocycles. The zero-order chi connectivity index (χ0) is 17.5. The molecule has 25 heavy (non-hydrogen) atoms. The highest BCUT2D eigenvalue weighted by Crippen LogP contribution is 2.14. The SMILES string of the molecule is CC(=O)c1cc(/C=C/c2ccccc2)nc(/C=C/c2ccccc2)c1. The molecule has 0 fully saturated rings. The molecule has 0 aliphatic heterocycles. The summed E-state index contributed by atoms with van der Waals surface area (Å²) in [5, 5.41) is 0. The average molecular weight is 325 g/mol. The highest BCUT2D eigenvalue weighted by molar-refractivity contribution is 5.95. The number of carbonyl (C=O) groups excluding carboxylic acids is 1. The minimum absolute atomic E-state index is 0.0334. The fraction of sp³-hybridized carbons (Fsp3) is 0.0435. The molecule has 3 rings (SSSR count). The van der Waals surface area contributed by atoms with Crippen LogP contribution in [0.2, 0.25) is 0 Å². The second-order valence-electron chi connectivity index (χ2n) is 5.75. The van der Waals surface area contributed by atoms with E-state index in [1.165, 1.54) is 0 Å². The summed E-state index contributed by atoms with van der Waals surface area (Å²) >= 11 is 0. The number of rotatable bonds is 5. The molecule has 1 aromatic heterocycles. The van der Waals surface area contributed by atoms with Gasteiger partial charge in [0.2, 0.25) is 0 Å². The standard InChI is InChI=1S/C23H19NO/c1-18(25)21-16-22(14-12-19-8-4-2-5-9-19)24-23(17-21)15-13-20-10-6-3-7-11-20/h2-17H,1H3/b14-12+,15-13+. The van der Waals surface area contributed by atoms with Crippen LogP contribution in [0.5, 0.6) is 0 Å². The van der Waals surface area contributed by atoms with Gasteiger partial charge in [-0.2, -0.15) is 0 Å². The smallest absolute Gasteiger partial charge is 0.159 e. The Labute approximate surface area is 148 Å². The van der Waals surface area contributed by atoms with E-state index in [0.717, 1.165) is 22.5 Å². The van der Waals surface area contributed by atoms with Crippen molar-refractivity contribution in [2.45, 2.75) is 6.92 Å². The molecule has 0 unspecified atom stereocenters. The summed E-state index contributed by atoms with van der Waals surface area (Å²) in [4.78, 5) is 16.4. The fourth-order valence-corrected chi connectivity index (χ4v) is 2.44. The van der Waals surface area contributed by atoms with Gasteiger partial charge in [0.1, 0.15) is 0 Å². The Hall–Kier alpha value is -3.26. The molecule has 2 nitrogen and oxygen atoms in total. The van der Waals surface area contributed by atoms with Gasteiger partial charge in [-0.3, -0.25) is 4.79 Å². The summed E-state index contributed by atoms with van der Waals surface area (Å²) in [7, 11) is 0. The van der Waals surface area contributed by atoms with Crippen LogP contribution in [0, 0.1) is 0 Å². The number of Topliss-reactive ketones (excluding diaryl/α,β-unsaturated/α-hetero) is 1. The normalized spacial score (nSPS) is 11.2. The second kappa shape index (κ2) is 8.02. The summed E-state index contributed by atoms with van der Waals surface area (Å²) in [6.45, 7) is 1.57. The van der Waals surface area contributed by atoms with Gasteiger partial charge in [0.25, 0.3) is 0 Å². The molecule has 0 amide bonds. The second-order valence-corrected chi connectivity index (χ2v) is 5.75. The van der Waals surface area contributed by atoms with E-state index < -0.39 is 0 Å². The third-order valence-corrected chi connectivity index (χ3v) is 3.76. The number of hydrogen-bond donors (Lipinski definition) is 0. The lowest BCUT2D eigenvalue weighted by Crippen LogP contribution is -1.96. The van der Waals surface area contributed by atoms with E-state index in [0.29, 0.717) is 5.56 Å². The van der Waals surface area contributed by atoms with E-state index in [4.69, 9.17) is 0 Å². The van der Waals surface area contributed by atoms with Crippen LogP contribution in [-0.2, 0) is 0 Å². The van der Waals surface area contributed by atoms with E-state index in [9.17, 15) is 4.79 Å². The highest BCUT2D eigenvalue weighted by atomic mass is 16.1. The molecule has 0 saturated heterocycles. The zero-order valence-corrected chi connectivity index (χ0v) is 14.1. The van der Waals surface area contributed by atoms with Crippen LogP contribution in [0.25, 0.3) is 24.3 Å². The molecule has 0 aliphatic carbocycles. The molecule has 3 aromatic rings. The first kappa shape index (κ1) is 16.6. The van der Waals surface area contributed by atoms with Gasteiger partial charge in [0.05, 0.1) is 11.4 Å². The molecule has 0 radical (unpaired) electrons. The third kappa shape index (κ3) is 4.85. The van der Waals surface area contributed by atoms with Gasteiger partial charge in [-0.1, -0.05) is 72.8 Å². The Kier molecular flexibility index (Phi) is 5.32. The predicted octanol–water partition coefficient (Wildman–Crippen LogP) is 5.63. The van der Waals surface area contributed by atoms with Gasteiger partial charge in [-0.05, 0) is 42.3 Å². The maximum atomic E-state index is 11.8. The summed E-state index contributed by atoms with van der Waals surface area (Å²) in [5.74, 6) is 0.0334. The maximum Gasteiger partial charge on any atom is 0.159 e. The van der Waals surface area contributed by atoms with Crippen LogP contribution in [0.1, 0.15) is 39.8 Å². The van der Waals surface area contributed by atoms with Crippen LogP contribution in [0.3, 0.4) is 0 Å². The minimum atomic E-state index is 0.0334. The van der Waals surface area contributed by atoms with Crippen molar-refractivity contribution >= 4 is 30.1 Å². The van der Waals surface area contributed by atoms with Gasteiger partial charge in [-0.25, -0.2) is 4.98 Å². The Morgan fingerprint density at radius 3 is 1.56 bits per heavy atom. The van der Waals surface area contributed by atoms with Crippen LogP contribution >= 0.6 is 0 Å². The largest absolute Gasteiger partial charge is 0.295 e. The first-order chi connectivity index (χ1) is 12.2. The molecule has 2 heteroatoms. The van der Waals surface area contributed by atoms with Crippen molar-refractivity contribution < 1.29 is 4.79 Å². The van der Waals surface area contributed by atoms with Gasteiger partial charge < -0.3 is 0 Å². The van der Waals surface area contributed by atoms with Gasteiger partial charge in [0, 0.05) is 5.56 Å². The van der Waals surface area contributed by atoms with Crippen molar-refractivity contribution in [3.05, 3.63) is 101 Å². The zero-order valence-electron chi connectivity index (χ0n) is 14.1. The number of ketones is 1. The summed E-state index contributed by atoms with van der Waals surface area (Å²) in [6.07, 6.45) is 7.86. The van der Waals surface area contributed by atoms with Crippen LogP contribution < -0.4 is 0 Å². The lowest BCUT2D eigenvalue weighted by Gasteiger charge is -2.02. The third-order valence-electron chi connectivity index (χ3n) is 3.76. The molecule has 0 atom stereocenters. The molecule has 2 aromatic carbocycles.